The summed E-state index contributed by atoms with van der Waals surface area (Å²) < 4.78 is 11.4. The van der Waals surface area contributed by atoms with E-state index >= 15 is 0 Å². The summed E-state index contributed by atoms with van der Waals surface area (Å²) in [7, 11) is 0. The van der Waals surface area contributed by atoms with Gasteiger partial charge < -0.3 is 19.7 Å². The molecule has 6 rings (SSSR count). The Kier molecular flexibility index (Phi) is 11.0. The van der Waals surface area contributed by atoms with Crippen LogP contribution in [-0.4, -0.2) is 66.7 Å². The second-order valence-corrected chi connectivity index (χ2v) is 11.9. The fourth-order valence-electron chi connectivity index (χ4n) is 6.43. The van der Waals surface area contributed by atoms with E-state index in [2.05, 4.69) is 69.7 Å². The number of hydrogen-bond donors (Lipinski definition) is 1. The lowest BCUT2D eigenvalue weighted by molar-refractivity contribution is -0.121. The van der Waals surface area contributed by atoms with E-state index in [0.717, 1.165) is 24.2 Å². The van der Waals surface area contributed by atoms with E-state index in [1.165, 1.54) is 11.1 Å². The van der Waals surface area contributed by atoms with Gasteiger partial charge >= 0.3 is 0 Å². The van der Waals surface area contributed by atoms with Gasteiger partial charge in [0.15, 0.2) is 23.2 Å². The molecule has 1 N–H and O–H groups in total. The number of piperazine rings is 1. The zero-order chi connectivity index (χ0) is 34.0. The Morgan fingerprint density at radius 3 is 2.00 bits per heavy atom. The van der Waals surface area contributed by atoms with Gasteiger partial charge in [-0.15, -0.1) is 0 Å². The number of para-hydroxylation sites is 2. The van der Waals surface area contributed by atoms with Crippen molar-refractivity contribution in [3.63, 3.8) is 0 Å². The van der Waals surface area contributed by atoms with Crippen molar-refractivity contribution in [3.8, 4) is 17.6 Å². The van der Waals surface area contributed by atoms with Gasteiger partial charge in [0.1, 0.15) is 5.69 Å². The molecule has 1 unspecified atom stereocenters. The molecule has 5 aromatic rings. The maximum atomic E-state index is 13.6. The van der Waals surface area contributed by atoms with Gasteiger partial charge in [0.05, 0.1) is 36.4 Å². The van der Waals surface area contributed by atoms with Crippen LogP contribution >= 0.6 is 0 Å². The van der Waals surface area contributed by atoms with E-state index < -0.39 is 11.8 Å². The summed E-state index contributed by atoms with van der Waals surface area (Å²) >= 11 is 0. The van der Waals surface area contributed by atoms with Gasteiger partial charge in [-0.2, -0.15) is 5.26 Å². The number of nitriles is 1. The van der Waals surface area contributed by atoms with E-state index in [4.69, 9.17) is 19.4 Å². The van der Waals surface area contributed by atoms with Gasteiger partial charge in [-0.25, -0.2) is 9.97 Å². The van der Waals surface area contributed by atoms with E-state index in [1.807, 2.05) is 68.4 Å². The Morgan fingerprint density at radius 1 is 0.796 bits per heavy atom. The zero-order valence-corrected chi connectivity index (χ0v) is 28.1. The van der Waals surface area contributed by atoms with Crippen molar-refractivity contribution in [2.24, 2.45) is 0 Å². The van der Waals surface area contributed by atoms with E-state index in [-0.39, 0.29) is 6.04 Å². The zero-order valence-electron chi connectivity index (χ0n) is 28.1. The first-order chi connectivity index (χ1) is 24.1. The average molecular weight is 655 g/mol. The van der Waals surface area contributed by atoms with Crippen LogP contribution in [0.25, 0.3) is 11.0 Å². The number of carbonyl (C=O) groups excluding carboxylic acids is 1. The van der Waals surface area contributed by atoms with Gasteiger partial charge in [0.2, 0.25) is 5.91 Å². The maximum Gasteiger partial charge on any atom is 0.243 e. The summed E-state index contributed by atoms with van der Waals surface area (Å²) in [6.45, 7) is 8.19. The Morgan fingerprint density at radius 2 is 1.39 bits per heavy atom. The molecule has 0 spiro atoms. The van der Waals surface area contributed by atoms with Gasteiger partial charge in [-0.1, -0.05) is 78.9 Å². The molecule has 9 nitrogen and oxygen atoms in total. The minimum Gasteiger partial charge on any atom is -0.490 e. The molecule has 250 valence electrons. The molecular weight excluding hydrogens is 612 g/mol. The largest absolute Gasteiger partial charge is 0.490 e. The fraction of sp³-hybridized carbons (Fsp3) is 0.300. The van der Waals surface area contributed by atoms with Crippen molar-refractivity contribution < 1.29 is 14.3 Å². The molecule has 1 atom stereocenters. The first-order valence-corrected chi connectivity index (χ1v) is 17.0. The lowest BCUT2D eigenvalue weighted by Crippen LogP contribution is -2.48. The van der Waals surface area contributed by atoms with Crippen LogP contribution in [0.15, 0.2) is 103 Å². The molecule has 49 heavy (non-hydrogen) atoms. The normalized spacial score (nSPS) is 14.0. The van der Waals surface area contributed by atoms with Crippen LogP contribution in [0, 0.1) is 11.3 Å². The van der Waals surface area contributed by atoms with Crippen molar-refractivity contribution >= 4 is 22.8 Å². The number of nitrogens with one attached hydrogen (secondary N) is 1. The van der Waals surface area contributed by atoms with Crippen molar-refractivity contribution in [2.45, 2.75) is 32.2 Å². The molecule has 1 amide bonds. The minimum absolute atomic E-state index is 0.115. The number of aromatic nitrogens is 2. The monoisotopic (exact) mass is 654 g/mol. The number of rotatable bonds is 13. The smallest absolute Gasteiger partial charge is 0.243 e. The predicted molar refractivity (Wildman–Crippen MR) is 192 cm³/mol. The van der Waals surface area contributed by atoms with Crippen LogP contribution in [0.1, 0.15) is 48.2 Å². The topological polar surface area (TPSA) is 104 Å². The van der Waals surface area contributed by atoms with Gasteiger partial charge in [0, 0.05) is 32.7 Å². The van der Waals surface area contributed by atoms with Gasteiger partial charge in [0.25, 0.3) is 0 Å². The van der Waals surface area contributed by atoms with Crippen LogP contribution < -0.4 is 19.7 Å². The quantitative estimate of drug-likeness (QED) is 0.158. The molecule has 0 saturated carbocycles. The molecule has 2 heterocycles. The molecule has 1 aliphatic rings. The highest BCUT2D eigenvalue weighted by atomic mass is 16.5. The highest BCUT2D eigenvalue weighted by molar-refractivity contribution is 5.89. The van der Waals surface area contributed by atoms with Crippen LogP contribution in [0.5, 0.6) is 11.5 Å². The number of fused-ring (bicyclic) bond motifs is 1. The fourth-order valence-corrected chi connectivity index (χ4v) is 6.43. The molecule has 4 aromatic carbocycles. The summed E-state index contributed by atoms with van der Waals surface area (Å²) in [5, 5.41) is 13.3. The molecule has 1 aromatic heterocycles. The lowest BCUT2D eigenvalue weighted by Gasteiger charge is -2.40. The third-order valence-corrected chi connectivity index (χ3v) is 8.77. The second-order valence-electron chi connectivity index (χ2n) is 11.9. The summed E-state index contributed by atoms with van der Waals surface area (Å²) in [6, 6.07) is 36.9. The van der Waals surface area contributed by atoms with Crippen molar-refractivity contribution in [2.75, 3.05) is 50.8 Å². The predicted octanol–water partition coefficient (Wildman–Crippen LogP) is 6.30. The van der Waals surface area contributed by atoms with Crippen LogP contribution in [0.3, 0.4) is 0 Å². The Balaban J connectivity index is 1.20. The second kappa shape index (κ2) is 16.1. The highest BCUT2D eigenvalue weighted by Gasteiger charge is 2.32. The third kappa shape index (κ3) is 7.82. The minimum atomic E-state index is -1.12. The molecule has 1 aliphatic heterocycles. The summed E-state index contributed by atoms with van der Waals surface area (Å²) in [4.78, 5) is 28.2. The number of amides is 1. The number of hydrogen-bond acceptors (Lipinski definition) is 8. The Hall–Kier alpha value is -5.46. The number of carbonyl (C=O) groups is 1. The third-order valence-electron chi connectivity index (χ3n) is 8.77. The van der Waals surface area contributed by atoms with Crippen LogP contribution in [0.4, 0.5) is 5.82 Å². The summed E-state index contributed by atoms with van der Waals surface area (Å²) in [6.07, 6.45) is 0.568. The maximum absolute atomic E-state index is 13.6. The first kappa shape index (κ1) is 33.4. The van der Waals surface area contributed by atoms with E-state index in [9.17, 15) is 10.1 Å². The van der Waals surface area contributed by atoms with Crippen LogP contribution in [0.2, 0.25) is 0 Å². The lowest BCUT2D eigenvalue weighted by atomic mass is 9.96. The summed E-state index contributed by atoms with van der Waals surface area (Å²) in [5.41, 5.74) is 5.25. The van der Waals surface area contributed by atoms with Crippen molar-refractivity contribution in [3.05, 3.63) is 126 Å². The molecule has 0 aliphatic carbocycles. The van der Waals surface area contributed by atoms with E-state index in [0.29, 0.717) is 67.8 Å². The van der Waals surface area contributed by atoms with Gasteiger partial charge in [-0.05, 0) is 61.2 Å². The number of ether oxygens (including phenoxy) is 2. The Bertz CT molecular complexity index is 1850. The van der Waals surface area contributed by atoms with Crippen molar-refractivity contribution in [1.29, 1.82) is 5.26 Å². The SMILES string of the molecule is CCOc1ccc(CCNC(=O)C(C#N)c2nc3ccccc3nc2N2CCN(C(c3ccccc3)c3ccccc3)CC2)cc1OCC. The molecular formula is C40H42N6O3. The molecule has 9 heteroatoms. The molecule has 1 fully saturated rings. The standard InChI is InChI=1S/C40H42N6O3/c1-3-48-35-20-19-29(27-36(35)49-4-2)21-22-42-40(47)32(28-41)37-39(44-34-18-12-11-17-33(34)43-37)46-25-23-45(24-26-46)38(30-13-7-5-8-14-30)31-15-9-6-10-16-31/h5-20,27,32,38H,3-4,21-26H2,1-2H3,(H,42,47). The van der Waals surface area contributed by atoms with Crippen LogP contribution in [-0.2, 0) is 11.2 Å². The highest BCUT2D eigenvalue weighted by Crippen LogP contribution is 2.33. The molecule has 0 bridgehead atoms. The van der Waals surface area contributed by atoms with Crippen molar-refractivity contribution in [1.82, 2.24) is 20.2 Å². The number of nitrogens with zero attached hydrogens (tertiary/aromatic N) is 5. The molecule has 0 radical (unpaired) electrons. The average Bonchev–Trinajstić information content (AvgIpc) is 3.14. The van der Waals surface area contributed by atoms with E-state index in [1.54, 1.807) is 0 Å². The number of benzene rings is 4. The number of anilines is 1. The first-order valence-electron chi connectivity index (χ1n) is 17.0. The van der Waals surface area contributed by atoms with Gasteiger partial charge in [-0.3, -0.25) is 9.69 Å². The summed E-state index contributed by atoms with van der Waals surface area (Å²) in [5.74, 6) is 0.449. The Labute approximate surface area is 288 Å². The molecule has 1 saturated heterocycles.